The number of hydrogen-bond acceptors (Lipinski definition) is 2. The first-order valence-electron chi connectivity index (χ1n) is 8.36. The van der Waals surface area contributed by atoms with Gasteiger partial charge in [-0.05, 0) is 54.8 Å². The molecule has 2 aromatic rings. The van der Waals surface area contributed by atoms with Crippen LogP contribution in [-0.2, 0) is 10.2 Å². The average Bonchev–Trinajstić information content (AvgIpc) is 3.07. The van der Waals surface area contributed by atoms with Crippen molar-refractivity contribution in [3.63, 3.8) is 0 Å². The third kappa shape index (κ3) is 3.27. The lowest BCUT2D eigenvalue weighted by Crippen LogP contribution is -2.37. The summed E-state index contributed by atoms with van der Waals surface area (Å²) in [4.78, 5) is 15.1. The van der Waals surface area contributed by atoms with Crippen molar-refractivity contribution in [1.82, 2.24) is 0 Å². The number of carbonyl (C=O) groups is 1. The smallest absolute Gasteiger partial charge is 0.235 e. The summed E-state index contributed by atoms with van der Waals surface area (Å²) in [7, 11) is 4.00. The number of nitrogens with one attached hydrogen (secondary N) is 1. The van der Waals surface area contributed by atoms with Gasteiger partial charge in [-0.3, -0.25) is 4.79 Å². The fourth-order valence-corrected chi connectivity index (χ4v) is 3.61. The Hall–Kier alpha value is -2.00. The van der Waals surface area contributed by atoms with E-state index in [9.17, 15) is 4.79 Å². The molecule has 0 heterocycles. The van der Waals surface area contributed by atoms with Crippen molar-refractivity contribution in [1.29, 1.82) is 0 Å². The fourth-order valence-electron chi connectivity index (χ4n) is 3.49. The Morgan fingerprint density at radius 3 is 2.12 bits per heavy atom. The topological polar surface area (TPSA) is 32.3 Å². The van der Waals surface area contributed by atoms with Crippen molar-refractivity contribution in [2.24, 2.45) is 0 Å². The van der Waals surface area contributed by atoms with E-state index < -0.39 is 5.41 Å². The van der Waals surface area contributed by atoms with Gasteiger partial charge in [-0.1, -0.05) is 36.6 Å². The number of nitrogens with zero attached hydrogens (tertiary/aromatic N) is 1. The Labute approximate surface area is 148 Å². The summed E-state index contributed by atoms with van der Waals surface area (Å²) in [5.41, 5.74) is 2.57. The highest BCUT2D eigenvalue weighted by atomic mass is 35.5. The van der Waals surface area contributed by atoms with Crippen molar-refractivity contribution >= 4 is 28.9 Å². The van der Waals surface area contributed by atoms with E-state index in [1.807, 2.05) is 67.5 Å². The summed E-state index contributed by atoms with van der Waals surface area (Å²) in [6.45, 7) is 0. The molecule has 1 amide bonds. The Morgan fingerprint density at radius 1 is 1.00 bits per heavy atom. The third-order valence-electron chi connectivity index (χ3n) is 4.93. The highest BCUT2D eigenvalue weighted by Crippen LogP contribution is 2.42. The monoisotopic (exact) mass is 342 g/mol. The minimum absolute atomic E-state index is 0.0833. The minimum Gasteiger partial charge on any atom is -0.378 e. The van der Waals surface area contributed by atoms with Crippen LogP contribution in [0.25, 0.3) is 0 Å². The quantitative estimate of drug-likeness (QED) is 0.860. The van der Waals surface area contributed by atoms with Crippen LogP contribution in [0, 0.1) is 0 Å². The Morgan fingerprint density at radius 2 is 1.58 bits per heavy atom. The lowest BCUT2D eigenvalue weighted by molar-refractivity contribution is -0.121. The van der Waals surface area contributed by atoms with Gasteiger partial charge < -0.3 is 10.2 Å². The van der Waals surface area contributed by atoms with Crippen LogP contribution >= 0.6 is 11.6 Å². The first-order chi connectivity index (χ1) is 11.5. The van der Waals surface area contributed by atoms with Crippen LogP contribution in [0.15, 0.2) is 48.5 Å². The molecular formula is C20H23ClN2O. The molecule has 1 aliphatic carbocycles. The number of amides is 1. The first-order valence-corrected chi connectivity index (χ1v) is 8.74. The zero-order chi connectivity index (χ0) is 17.2. The molecule has 0 bridgehead atoms. The van der Waals surface area contributed by atoms with Crippen LogP contribution in [-0.4, -0.2) is 20.0 Å². The maximum atomic E-state index is 13.1. The molecule has 24 heavy (non-hydrogen) atoms. The summed E-state index contributed by atoms with van der Waals surface area (Å²) in [6.07, 6.45) is 3.93. The van der Waals surface area contributed by atoms with Gasteiger partial charge in [0.05, 0.1) is 5.41 Å². The molecule has 3 rings (SSSR count). The van der Waals surface area contributed by atoms with Crippen molar-refractivity contribution in [3.8, 4) is 0 Å². The number of rotatable bonds is 4. The van der Waals surface area contributed by atoms with E-state index >= 15 is 0 Å². The fraction of sp³-hybridized carbons (Fsp3) is 0.350. The Bertz CT molecular complexity index is 701. The molecule has 126 valence electrons. The van der Waals surface area contributed by atoms with Gasteiger partial charge in [0.25, 0.3) is 0 Å². The molecule has 1 fully saturated rings. The SMILES string of the molecule is CN(C)c1ccc(NC(=O)C2(c3ccc(Cl)cc3)CCCC2)cc1. The zero-order valence-corrected chi connectivity index (χ0v) is 14.9. The molecule has 0 spiro atoms. The number of carbonyl (C=O) groups excluding carboxylic acids is 1. The molecule has 0 radical (unpaired) electrons. The highest BCUT2D eigenvalue weighted by Gasteiger charge is 2.42. The molecule has 1 aliphatic rings. The average molecular weight is 343 g/mol. The number of anilines is 2. The van der Waals surface area contributed by atoms with Gasteiger partial charge in [-0.2, -0.15) is 0 Å². The van der Waals surface area contributed by atoms with E-state index in [0.29, 0.717) is 5.02 Å². The summed E-state index contributed by atoms with van der Waals surface area (Å²) in [5.74, 6) is 0.0833. The zero-order valence-electron chi connectivity index (χ0n) is 14.2. The van der Waals surface area contributed by atoms with Crippen LogP contribution in [0.5, 0.6) is 0 Å². The molecule has 0 saturated heterocycles. The van der Waals surface area contributed by atoms with Crippen LogP contribution in [0.4, 0.5) is 11.4 Å². The van der Waals surface area contributed by atoms with E-state index in [0.717, 1.165) is 42.6 Å². The predicted molar refractivity (Wildman–Crippen MR) is 101 cm³/mol. The molecular weight excluding hydrogens is 320 g/mol. The van der Waals surface area contributed by atoms with Gasteiger partial charge in [0.2, 0.25) is 5.91 Å². The van der Waals surface area contributed by atoms with E-state index in [4.69, 9.17) is 11.6 Å². The van der Waals surface area contributed by atoms with Gasteiger partial charge in [-0.15, -0.1) is 0 Å². The number of hydrogen-bond donors (Lipinski definition) is 1. The second-order valence-corrected chi connectivity index (χ2v) is 7.13. The first kappa shape index (κ1) is 16.8. The minimum atomic E-state index is -0.440. The van der Waals surface area contributed by atoms with E-state index in [-0.39, 0.29) is 5.91 Å². The molecule has 3 nitrogen and oxygen atoms in total. The van der Waals surface area contributed by atoms with Gasteiger partial charge in [-0.25, -0.2) is 0 Å². The van der Waals surface area contributed by atoms with Crippen LogP contribution in [0.3, 0.4) is 0 Å². The van der Waals surface area contributed by atoms with E-state index in [2.05, 4.69) is 5.32 Å². The molecule has 1 saturated carbocycles. The molecule has 0 unspecified atom stereocenters. The van der Waals surface area contributed by atoms with Gasteiger partial charge in [0.15, 0.2) is 0 Å². The molecule has 0 aliphatic heterocycles. The largest absolute Gasteiger partial charge is 0.378 e. The van der Waals surface area contributed by atoms with Gasteiger partial charge >= 0.3 is 0 Å². The molecule has 4 heteroatoms. The van der Waals surface area contributed by atoms with Crippen LogP contribution < -0.4 is 10.2 Å². The molecule has 2 aromatic carbocycles. The summed E-state index contributed by atoms with van der Waals surface area (Å²) in [6, 6.07) is 15.7. The van der Waals surface area contributed by atoms with E-state index in [1.165, 1.54) is 0 Å². The lowest BCUT2D eigenvalue weighted by atomic mass is 9.78. The maximum absolute atomic E-state index is 13.1. The maximum Gasteiger partial charge on any atom is 0.235 e. The summed E-state index contributed by atoms with van der Waals surface area (Å²) >= 11 is 6.01. The second-order valence-electron chi connectivity index (χ2n) is 6.69. The van der Waals surface area contributed by atoms with Crippen LogP contribution in [0.2, 0.25) is 5.02 Å². The van der Waals surface area contributed by atoms with Crippen molar-refractivity contribution < 1.29 is 4.79 Å². The van der Waals surface area contributed by atoms with Crippen molar-refractivity contribution in [2.75, 3.05) is 24.3 Å². The molecule has 1 N–H and O–H groups in total. The van der Waals surface area contributed by atoms with Crippen LogP contribution in [0.1, 0.15) is 31.2 Å². The molecule has 0 aromatic heterocycles. The lowest BCUT2D eigenvalue weighted by Gasteiger charge is -2.28. The summed E-state index contributed by atoms with van der Waals surface area (Å²) in [5, 5.41) is 3.81. The number of halogens is 1. The summed E-state index contributed by atoms with van der Waals surface area (Å²) < 4.78 is 0. The van der Waals surface area contributed by atoms with Gasteiger partial charge in [0.1, 0.15) is 0 Å². The molecule has 0 atom stereocenters. The standard InChI is InChI=1S/C20H23ClN2O/c1-23(2)18-11-9-17(10-12-18)22-19(24)20(13-3-4-14-20)15-5-7-16(21)8-6-15/h5-12H,3-4,13-14H2,1-2H3,(H,22,24). The third-order valence-corrected chi connectivity index (χ3v) is 5.18. The normalized spacial score (nSPS) is 16.0. The Balaban J connectivity index is 1.83. The van der Waals surface area contributed by atoms with E-state index in [1.54, 1.807) is 0 Å². The predicted octanol–water partition coefficient (Wildman–Crippen LogP) is 4.86. The highest BCUT2D eigenvalue weighted by molar-refractivity contribution is 6.30. The van der Waals surface area contributed by atoms with Gasteiger partial charge in [0, 0.05) is 30.5 Å². The second kappa shape index (κ2) is 6.86. The Kier molecular flexibility index (Phi) is 4.81. The van der Waals surface area contributed by atoms with Crippen molar-refractivity contribution in [2.45, 2.75) is 31.1 Å². The number of benzene rings is 2. The van der Waals surface area contributed by atoms with Crippen molar-refractivity contribution in [3.05, 3.63) is 59.1 Å².